The second-order valence-corrected chi connectivity index (χ2v) is 4.46. The van der Waals surface area contributed by atoms with E-state index in [9.17, 15) is 4.79 Å². The number of nitrogens with zero attached hydrogens (tertiary/aromatic N) is 1. The monoisotopic (exact) mass is 300 g/mol. The molecule has 1 fully saturated rings. The first-order chi connectivity index (χ1) is 15.3. The van der Waals surface area contributed by atoms with Crippen LogP contribution in [0, 0.1) is 0 Å². The number of hydrogen-bond donors (Lipinski definition) is 2. The van der Waals surface area contributed by atoms with E-state index in [2.05, 4.69) is 0 Å². The summed E-state index contributed by atoms with van der Waals surface area (Å²) in [5, 5.41) is 0.240. The summed E-state index contributed by atoms with van der Waals surface area (Å²) in [6.07, 6.45) is -6.80. The molecule has 3 rings (SSSR count). The molecule has 0 radical (unpaired) electrons. The van der Waals surface area contributed by atoms with Crippen LogP contribution in [0.2, 0.25) is 2.82 Å². The number of aromatic nitrogens is 1. The van der Waals surface area contributed by atoms with Crippen LogP contribution in [0.5, 0.6) is 0 Å². The van der Waals surface area contributed by atoms with E-state index >= 15 is 0 Å². The van der Waals surface area contributed by atoms with Gasteiger partial charge in [0.2, 0.25) is 0 Å². The summed E-state index contributed by atoms with van der Waals surface area (Å²) in [5.74, 6) is 0. The lowest BCUT2D eigenvalue weighted by atomic mass is 10.0. The molecule has 0 spiro atoms. The van der Waals surface area contributed by atoms with Crippen molar-refractivity contribution in [1.29, 1.82) is 0 Å². The van der Waals surface area contributed by atoms with Crippen LogP contribution in [-0.4, -0.2) is 49.1 Å². The van der Waals surface area contributed by atoms with Gasteiger partial charge in [0.1, 0.15) is 6.61 Å². The number of fused-ring (bicyclic) bond motifs is 1. The highest BCUT2D eigenvalue weighted by molar-refractivity contribution is 5.84. The van der Waals surface area contributed by atoms with Gasteiger partial charge in [-0.3, -0.25) is 0 Å². The summed E-state index contributed by atoms with van der Waals surface area (Å²) < 4.78 is 107. The van der Waals surface area contributed by atoms with Gasteiger partial charge in [0.05, 0.1) is 7.41 Å². The summed E-state index contributed by atoms with van der Waals surface area (Å²) in [6, 6.07) is 2.34. The van der Waals surface area contributed by atoms with Crippen LogP contribution >= 0.6 is 0 Å². The molecule has 0 aliphatic carbocycles. The molecule has 1 aliphatic heterocycles. The zero-order valence-electron chi connectivity index (χ0n) is 23.9. The number of cyclic esters (lactones) is 1. The third kappa shape index (κ3) is 3.19. The Morgan fingerprint density at radius 2 is 2.52 bits per heavy atom. The van der Waals surface area contributed by atoms with E-state index in [4.69, 9.17) is 22.6 Å². The lowest BCUT2D eigenvalue weighted by Crippen LogP contribution is -2.28. The minimum atomic E-state index is -3.19. The van der Waals surface area contributed by atoms with E-state index in [1.165, 1.54) is 12.1 Å². The van der Waals surface area contributed by atoms with Gasteiger partial charge in [-0.2, -0.15) is 0 Å². The van der Waals surface area contributed by atoms with E-state index in [0.29, 0.717) is 10.3 Å². The van der Waals surface area contributed by atoms with Crippen molar-refractivity contribution < 1.29 is 27.4 Å². The molecule has 0 bridgehead atoms. The molecule has 1 aromatic heterocycles. The number of likely N-dealkylation sites (N-methyl/N-ethyl adjacent to an activating group) is 1. The van der Waals surface area contributed by atoms with E-state index in [-0.39, 0.29) is 21.4 Å². The molecule has 112 valence electrons. The average Bonchev–Trinajstić information content (AvgIpc) is 3.15. The Labute approximate surface area is 142 Å². The van der Waals surface area contributed by atoms with Crippen LogP contribution in [0.25, 0.3) is 10.9 Å². The fourth-order valence-electron chi connectivity index (χ4n) is 2.01. The maximum absolute atomic E-state index is 11.5. The second-order valence-electron chi connectivity index (χ2n) is 4.46. The molecule has 1 atom stereocenters. The van der Waals surface area contributed by atoms with E-state index in [1.54, 1.807) is 0 Å². The van der Waals surface area contributed by atoms with Gasteiger partial charge in [-0.1, -0.05) is 6.07 Å². The zero-order chi connectivity index (χ0) is 26.0. The summed E-state index contributed by atoms with van der Waals surface area (Å²) >= 11 is 0. The van der Waals surface area contributed by atoms with Crippen molar-refractivity contribution in [3.8, 4) is 0 Å². The Hall–Kier alpha value is -2.01. The minimum absolute atomic E-state index is 0.000722. The van der Waals surface area contributed by atoms with Crippen LogP contribution in [0.1, 0.15) is 26.2 Å². The Morgan fingerprint density at radius 3 is 3.29 bits per heavy atom. The Bertz CT molecular complexity index is 1090. The quantitative estimate of drug-likeness (QED) is 0.887. The summed E-state index contributed by atoms with van der Waals surface area (Å²) in [7, 11) is 0. The largest absolute Gasteiger partial charge is 0.447 e. The number of rotatable bonds is 5. The average molecular weight is 300 g/mol. The third-order valence-electron chi connectivity index (χ3n) is 2.93. The highest BCUT2D eigenvalue weighted by atomic mass is 16.6. The van der Waals surface area contributed by atoms with Crippen molar-refractivity contribution in [3.05, 3.63) is 35.5 Å². The molecular formula is C16H21N3O2. The molecule has 2 heterocycles. The predicted molar refractivity (Wildman–Crippen MR) is 82.5 cm³/mol. The first-order valence-corrected chi connectivity index (χ1v) is 6.18. The maximum Gasteiger partial charge on any atom is 0.407 e. The number of aromatic amines is 1. The van der Waals surface area contributed by atoms with Crippen LogP contribution in [0.4, 0.5) is 4.79 Å². The zero-order valence-corrected chi connectivity index (χ0v) is 10.9. The summed E-state index contributed by atoms with van der Waals surface area (Å²) in [6.45, 7) is -7.94. The molecule has 5 heteroatoms. The Morgan fingerprint density at radius 1 is 1.62 bits per heavy atom. The van der Waals surface area contributed by atoms with Crippen molar-refractivity contribution >= 4 is 17.0 Å². The fraction of sp³-hybridized carbons (Fsp3) is 0.438. The summed E-state index contributed by atoms with van der Waals surface area (Å²) in [4.78, 5) is 12.1. The number of carbonyl (C=O) groups excluding carboxylic acids is 1. The molecule has 1 aliphatic rings. The van der Waals surface area contributed by atoms with Crippen molar-refractivity contribution in [3.63, 3.8) is 0 Å². The minimum Gasteiger partial charge on any atom is -0.447 e. The van der Waals surface area contributed by atoms with E-state index in [0.717, 1.165) is 6.07 Å². The van der Waals surface area contributed by atoms with Gasteiger partial charge >= 0.3 is 6.09 Å². The molecule has 2 N–H and O–H groups in total. The highest BCUT2D eigenvalue weighted by Crippen LogP contribution is 2.21. The SMILES string of the molecule is [2H]c1c(C([2H])([2H])CN(C([2H])([2H])[2H])C([2H])([2H])[2H])c2cc(C([2H])([2H])[C@H]3COC(=O)N3[2H])ccc2n1[2H]. The van der Waals surface area contributed by atoms with E-state index in [1.807, 2.05) is 0 Å². The topological polar surface area (TPSA) is 57.4 Å². The molecule has 1 aromatic carbocycles. The van der Waals surface area contributed by atoms with Crippen LogP contribution < -0.4 is 5.31 Å². The number of carbonyl (C=O) groups is 1. The molecule has 0 unspecified atom stereocenters. The number of H-pyrrole nitrogens is 1. The molecular weight excluding hydrogens is 266 g/mol. The molecule has 5 nitrogen and oxygen atoms in total. The number of nitrogens with one attached hydrogen (secondary N) is 2. The Balaban J connectivity index is 2.15. The molecule has 21 heavy (non-hydrogen) atoms. The maximum atomic E-state index is 11.5. The third-order valence-corrected chi connectivity index (χ3v) is 2.93. The van der Waals surface area contributed by atoms with Gasteiger partial charge in [-0.05, 0) is 50.0 Å². The predicted octanol–water partition coefficient (Wildman–Crippen LogP) is 1.92. The lowest BCUT2D eigenvalue weighted by molar-refractivity contribution is 0.177. The van der Waals surface area contributed by atoms with Crippen LogP contribution in [0.3, 0.4) is 0 Å². The lowest BCUT2D eigenvalue weighted by Gasteiger charge is -2.09. The number of hydrogen-bond acceptors (Lipinski definition) is 3. The van der Waals surface area contributed by atoms with E-state index < -0.39 is 63.7 Å². The van der Waals surface area contributed by atoms with Crippen LogP contribution in [0.15, 0.2) is 24.4 Å². The molecule has 1 saturated heterocycles. The number of ether oxygens (including phenoxy) is 1. The molecule has 2 aromatic rings. The normalized spacial score (nSPS) is 30.3. The smallest absolute Gasteiger partial charge is 0.407 e. The standard InChI is InChI=1S/C16H21N3O2/c1-19(2)6-5-12-9-17-15-4-3-11(8-14(12)15)7-13-10-21-16(20)18-13/h3-4,8-9,13,17H,5-7,10H2,1-2H3,(H,18,20)/t13-/m0/s1/i1D3,2D3,5D2,7D2,9D/hD2. The number of benzene rings is 1. The van der Waals surface area contributed by atoms with Gasteiger partial charge in [-0.25, -0.2) is 4.79 Å². The van der Waals surface area contributed by atoms with Crippen molar-refractivity contribution in [2.75, 3.05) is 27.1 Å². The van der Waals surface area contributed by atoms with Gasteiger partial charge in [0.15, 0.2) is 2.82 Å². The molecule has 1 amide bonds. The second kappa shape index (κ2) is 5.77. The van der Waals surface area contributed by atoms with Crippen molar-refractivity contribution in [2.24, 2.45) is 0 Å². The Kier molecular flexibility index (Phi) is 1.46. The van der Waals surface area contributed by atoms with Gasteiger partial charge in [0.25, 0.3) is 0 Å². The molecule has 0 saturated carbocycles. The highest BCUT2D eigenvalue weighted by Gasteiger charge is 2.22. The van der Waals surface area contributed by atoms with Gasteiger partial charge in [0, 0.05) is 37.3 Å². The van der Waals surface area contributed by atoms with Crippen molar-refractivity contribution in [2.45, 2.75) is 18.8 Å². The number of alkyl carbamates (subject to hydrolysis) is 1. The number of amides is 1. The first kappa shape index (κ1) is 5.32. The van der Waals surface area contributed by atoms with Crippen molar-refractivity contribution in [1.82, 2.24) is 15.2 Å². The van der Waals surface area contributed by atoms with Gasteiger partial charge in [-0.15, -0.1) is 0 Å². The first-order valence-electron chi connectivity index (χ1n) is 12.6. The fourth-order valence-corrected chi connectivity index (χ4v) is 2.01. The summed E-state index contributed by atoms with van der Waals surface area (Å²) in [5.41, 5.74) is -0.596. The van der Waals surface area contributed by atoms with Crippen LogP contribution in [-0.2, 0) is 17.5 Å². The van der Waals surface area contributed by atoms with Gasteiger partial charge < -0.3 is 19.9 Å².